The largest absolute Gasteiger partial charge is 0.388 e. The highest BCUT2D eigenvalue weighted by molar-refractivity contribution is 5.78. The van der Waals surface area contributed by atoms with Gasteiger partial charge in [-0.3, -0.25) is 10.1 Å². The van der Waals surface area contributed by atoms with Gasteiger partial charge >= 0.3 is 0 Å². The fourth-order valence-electron chi connectivity index (χ4n) is 1.50. The van der Waals surface area contributed by atoms with Gasteiger partial charge < -0.3 is 15.2 Å². The zero-order valence-corrected chi connectivity index (χ0v) is 9.29. The first-order valence-corrected chi connectivity index (χ1v) is 5.37. The van der Waals surface area contributed by atoms with Crippen molar-refractivity contribution >= 4 is 5.91 Å². The molecule has 0 radical (unpaired) electrons. The molecule has 1 aliphatic rings. The van der Waals surface area contributed by atoms with Gasteiger partial charge in [0.1, 0.15) is 0 Å². The molecule has 0 aromatic carbocycles. The van der Waals surface area contributed by atoms with Crippen molar-refractivity contribution in [3.8, 4) is 12.3 Å². The summed E-state index contributed by atoms with van der Waals surface area (Å²) in [6.45, 7) is 1.90. The summed E-state index contributed by atoms with van der Waals surface area (Å²) in [5, 5.41) is 15.5. The first kappa shape index (κ1) is 13.0. The normalized spacial score (nSPS) is 18.8. The van der Waals surface area contributed by atoms with Crippen LogP contribution in [0.5, 0.6) is 0 Å². The summed E-state index contributed by atoms with van der Waals surface area (Å²) >= 11 is 0. The molecule has 3 N–H and O–H groups in total. The van der Waals surface area contributed by atoms with Crippen LogP contribution in [0.15, 0.2) is 0 Å². The summed E-state index contributed by atoms with van der Waals surface area (Å²) in [6, 6.07) is 0. The lowest BCUT2D eigenvalue weighted by molar-refractivity contribution is -0.123. The third-order valence-corrected chi connectivity index (χ3v) is 2.55. The van der Waals surface area contributed by atoms with Gasteiger partial charge in [-0.1, -0.05) is 5.92 Å². The Morgan fingerprint density at radius 2 is 2.19 bits per heavy atom. The molecule has 5 heteroatoms. The Balaban J connectivity index is 2.17. The number of hydrogen-bond acceptors (Lipinski definition) is 4. The molecule has 1 fully saturated rings. The summed E-state index contributed by atoms with van der Waals surface area (Å²) < 4.78 is 5.14. The average Bonchev–Trinajstić information content (AvgIpc) is 2.28. The molecule has 0 aliphatic carbocycles. The Labute approximate surface area is 95.6 Å². The second kappa shape index (κ2) is 6.48. The molecule has 1 heterocycles. The number of carbonyl (C=O) groups is 1. The highest BCUT2D eigenvalue weighted by atomic mass is 16.5. The van der Waals surface area contributed by atoms with Crippen LogP contribution in [0.3, 0.4) is 0 Å². The summed E-state index contributed by atoms with van der Waals surface area (Å²) in [5.74, 6) is 2.22. The number of rotatable bonds is 5. The van der Waals surface area contributed by atoms with E-state index in [1.54, 1.807) is 0 Å². The number of ether oxygens (including phenoxy) is 1. The first-order valence-electron chi connectivity index (χ1n) is 5.37. The minimum Gasteiger partial charge on any atom is -0.388 e. The number of hydrogen-bond donors (Lipinski definition) is 3. The molecule has 90 valence electrons. The van der Waals surface area contributed by atoms with Gasteiger partial charge in [-0.15, -0.1) is 6.42 Å². The Morgan fingerprint density at radius 3 is 2.81 bits per heavy atom. The molecule has 0 saturated carbocycles. The molecule has 0 bridgehead atoms. The maximum Gasteiger partial charge on any atom is 0.234 e. The Bertz CT molecular complexity index is 267. The van der Waals surface area contributed by atoms with Crippen molar-refractivity contribution in [3.63, 3.8) is 0 Å². The van der Waals surface area contributed by atoms with Gasteiger partial charge in [0.2, 0.25) is 5.91 Å². The monoisotopic (exact) mass is 226 g/mol. The molecule has 1 saturated heterocycles. The number of nitrogens with one attached hydrogen (secondary N) is 2. The molecule has 0 spiro atoms. The molecule has 1 amide bonds. The number of terminal acetylenes is 1. The number of carbonyl (C=O) groups excluding carboxylic acids is 1. The van der Waals surface area contributed by atoms with Crippen LogP contribution in [0.2, 0.25) is 0 Å². The molecule has 0 aromatic rings. The Hall–Kier alpha value is -1.09. The molecular weight excluding hydrogens is 208 g/mol. The lowest BCUT2D eigenvalue weighted by atomic mass is 9.94. The SMILES string of the molecule is C#CCNCC(=O)NCC1(O)CCOCC1. The van der Waals surface area contributed by atoms with E-state index >= 15 is 0 Å². The second-order valence-electron chi connectivity index (χ2n) is 3.92. The smallest absolute Gasteiger partial charge is 0.234 e. The van der Waals surface area contributed by atoms with Crippen molar-refractivity contribution in [1.82, 2.24) is 10.6 Å². The highest BCUT2D eigenvalue weighted by Crippen LogP contribution is 2.18. The molecule has 1 aliphatic heterocycles. The fourth-order valence-corrected chi connectivity index (χ4v) is 1.50. The summed E-state index contributed by atoms with van der Waals surface area (Å²) in [7, 11) is 0. The maximum absolute atomic E-state index is 11.3. The van der Waals surface area contributed by atoms with Crippen molar-refractivity contribution in [2.24, 2.45) is 0 Å². The second-order valence-corrected chi connectivity index (χ2v) is 3.92. The molecule has 0 unspecified atom stereocenters. The van der Waals surface area contributed by atoms with Crippen LogP contribution in [0, 0.1) is 12.3 Å². The van der Waals surface area contributed by atoms with Crippen LogP contribution in [-0.2, 0) is 9.53 Å². The molecule has 0 atom stereocenters. The van der Waals surface area contributed by atoms with E-state index < -0.39 is 5.60 Å². The molecule has 16 heavy (non-hydrogen) atoms. The van der Waals surface area contributed by atoms with Crippen LogP contribution < -0.4 is 10.6 Å². The van der Waals surface area contributed by atoms with Crippen molar-refractivity contribution in [3.05, 3.63) is 0 Å². The van der Waals surface area contributed by atoms with Crippen molar-refractivity contribution in [1.29, 1.82) is 0 Å². The van der Waals surface area contributed by atoms with Gasteiger partial charge in [-0.05, 0) is 0 Å². The molecule has 1 rings (SSSR count). The summed E-state index contributed by atoms with van der Waals surface area (Å²) in [6.07, 6.45) is 6.15. The van der Waals surface area contributed by atoms with E-state index in [2.05, 4.69) is 16.6 Å². The van der Waals surface area contributed by atoms with Crippen molar-refractivity contribution < 1.29 is 14.6 Å². The minimum absolute atomic E-state index is 0.157. The van der Waals surface area contributed by atoms with Gasteiger partial charge in [0.25, 0.3) is 0 Å². The van der Waals surface area contributed by atoms with E-state index in [0.717, 1.165) is 0 Å². The van der Waals surface area contributed by atoms with Gasteiger partial charge in [0, 0.05) is 32.6 Å². The van der Waals surface area contributed by atoms with E-state index in [1.165, 1.54) is 0 Å². The van der Waals surface area contributed by atoms with E-state index in [-0.39, 0.29) is 19.0 Å². The van der Waals surface area contributed by atoms with Gasteiger partial charge in [0.15, 0.2) is 0 Å². The third-order valence-electron chi connectivity index (χ3n) is 2.55. The van der Waals surface area contributed by atoms with Gasteiger partial charge in [-0.25, -0.2) is 0 Å². The van der Waals surface area contributed by atoms with Crippen LogP contribution >= 0.6 is 0 Å². The minimum atomic E-state index is -0.819. The zero-order valence-electron chi connectivity index (χ0n) is 9.29. The maximum atomic E-state index is 11.3. The van der Waals surface area contributed by atoms with E-state index in [1.807, 2.05) is 0 Å². The number of amides is 1. The van der Waals surface area contributed by atoms with Crippen LogP contribution in [0.4, 0.5) is 0 Å². The lowest BCUT2D eigenvalue weighted by Gasteiger charge is -2.32. The Morgan fingerprint density at radius 1 is 1.50 bits per heavy atom. The quantitative estimate of drug-likeness (QED) is 0.410. The third kappa shape index (κ3) is 4.62. The molecular formula is C11H18N2O3. The predicted molar refractivity (Wildman–Crippen MR) is 59.7 cm³/mol. The van der Waals surface area contributed by atoms with E-state index in [9.17, 15) is 9.90 Å². The first-order chi connectivity index (χ1) is 7.66. The molecule has 0 aromatic heterocycles. The summed E-state index contributed by atoms with van der Waals surface area (Å²) in [4.78, 5) is 11.3. The standard InChI is InChI=1S/C11H18N2O3/c1-2-5-12-8-10(14)13-9-11(15)3-6-16-7-4-11/h1,12,15H,3-9H2,(H,13,14). The van der Waals surface area contributed by atoms with Gasteiger partial charge in [0.05, 0.1) is 18.7 Å². The van der Waals surface area contributed by atoms with Crippen LogP contribution in [0.1, 0.15) is 12.8 Å². The highest BCUT2D eigenvalue weighted by Gasteiger charge is 2.29. The van der Waals surface area contributed by atoms with Crippen LogP contribution in [0.25, 0.3) is 0 Å². The lowest BCUT2D eigenvalue weighted by Crippen LogP contribution is -2.48. The zero-order chi connectivity index (χ0) is 11.9. The number of aliphatic hydroxyl groups is 1. The van der Waals surface area contributed by atoms with Crippen molar-refractivity contribution in [2.45, 2.75) is 18.4 Å². The topological polar surface area (TPSA) is 70.6 Å². The predicted octanol–water partition coefficient (Wildman–Crippen LogP) is -1.13. The van der Waals surface area contributed by atoms with Gasteiger partial charge in [-0.2, -0.15) is 0 Å². The van der Waals surface area contributed by atoms with E-state index in [0.29, 0.717) is 32.6 Å². The Kier molecular flexibility index (Phi) is 5.26. The molecule has 5 nitrogen and oxygen atoms in total. The summed E-state index contributed by atoms with van der Waals surface area (Å²) in [5.41, 5.74) is -0.819. The van der Waals surface area contributed by atoms with Crippen molar-refractivity contribution in [2.75, 3.05) is 32.8 Å². The van der Waals surface area contributed by atoms with E-state index in [4.69, 9.17) is 11.2 Å². The fraction of sp³-hybridized carbons (Fsp3) is 0.727. The van der Waals surface area contributed by atoms with Crippen LogP contribution in [-0.4, -0.2) is 49.5 Å². The average molecular weight is 226 g/mol.